The lowest BCUT2D eigenvalue weighted by atomic mass is 10.1. The number of pyridine rings is 1. The number of rotatable bonds is 6. The van der Waals surface area contributed by atoms with Gasteiger partial charge in [0.1, 0.15) is 12.7 Å². The average Bonchev–Trinajstić information content (AvgIpc) is 2.98. The Bertz CT molecular complexity index is 609. The molecule has 8 heteroatoms. The zero-order valence-electron chi connectivity index (χ0n) is 11.4. The molecule has 21 heavy (non-hydrogen) atoms. The van der Waals surface area contributed by atoms with Crippen molar-refractivity contribution in [1.29, 1.82) is 0 Å². The highest BCUT2D eigenvalue weighted by Crippen LogP contribution is 2.05. The fourth-order valence-corrected chi connectivity index (χ4v) is 1.72. The number of amides is 1. The molecule has 2 N–H and O–H groups in total. The Labute approximate surface area is 120 Å². The van der Waals surface area contributed by atoms with Gasteiger partial charge in [-0.15, -0.1) is 0 Å². The van der Waals surface area contributed by atoms with Crippen LogP contribution in [-0.4, -0.2) is 43.3 Å². The lowest BCUT2D eigenvalue weighted by molar-refractivity contribution is -0.137. The number of hydrogen-bond donors (Lipinski definition) is 2. The minimum atomic E-state index is -0.879. The summed E-state index contributed by atoms with van der Waals surface area (Å²) in [5.41, 5.74) is 0.404. The van der Waals surface area contributed by atoms with Gasteiger partial charge in [0.15, 0.2) is 5.82 Å². The molecular weight excluding hydrogens is 274 g/mol. The van der Waals surface area contributed by atoms with Gasteiger partial charge < -0.3 is 10.4 Å². The van der Waals surface area contributed by atoms with E-state index in [9.17, 15) is 9.59 Å². The number of carbonyl (C=O) groups excluding carboxylic acids is 1. The highest BCUT2D eigenvalue weighted by atomic mass is 16.4. The van der Waals surface area contributed by atoms with Crippen LogP contribution in [0.2, 0.25) is 0 Å². The van der Waals surface area contributed by atoms with E-state index in [-0.39, 0.29) is 18.2 Å². The highest BCUT2D eigenvalue weighted by Gasteiger charge is 2.11. The first-order chi connectivity index (χ1) is 10.1. The number of carboxylic acids is 1. The summed E-state index contributed by atoms with van der Waals surface area (Å²) in [6.45, 7) is 2.07. The van der Waals surface area contributed by atoms with E-state index < -0.39 is 5.97 Å². The van der Waals surface area contributed by atoms with Crippen molar-refractivity contribution >= 4 is 11.9 Å². The molecule has 1 atom stereocenters. The molecule has 0 aliphatic rings. The molecule has 1 unspecified atom stereocenters. The maximum Gasteiger partial charge on any atom is 0.303 e. The van der Waals surface area contributed by atoms with Crippen LogP contribution < -0.4 is 5.32 Å². The van der Waals surface area contributed by atoms with Crippen molar-refractivity contribution in [3.8, 4) is 5.82 Å². The standard InChI is InChI=1S/C13H15N5O3/c1-9(4-12(19)20)5-16-13(21)10-2-3-11(15-6-10)18-8-14-7-17-18/h2-3,6-9H,4-5H2,1H3,(H,16,21)(H,19,20). The van der Waals surface area contributed by atoms with Crippen molar-refractivity contribution < 1.29 is 14.7 Å². The van der Waals surface area contributed by atoms with Crippen LogP contribution >= 0.6 is 0 Å². The van der Waals surface area contributed by atoms with Gasteiger partial charge in [0.05, 0.1) is 5.56 Å². The molecule has 0 bridgehead atoms. The smallest absolute Gasteiger partial charge is 0.303 e. The lowest BCUT2D eigenvalue weighted by Gasteiger charge is -2.10. The van der Waals surface area contributed by atoms with Crippen LogP contribution in [-0.2, 0) is 4.79 Å². The third-order valence-corrected chi connectivity index (χ3v) is 2.80. The van der Waals surface area contributed by atoms with E-state index in [0.717, 1.165) is 0 Å². The van der Waals surface area contributed by atoms with E-state index in [2.05, 4.69) is 20.4 Å². The molecule has 2 heterocycles. The molecule has 0 aliphatic heterocycles. The molecule has 2 aromatic rings. The second-order valence-electron chi connectivity index (χ2n) is 4.66. The third kappa shape index (κ3) is 4.10. The normalized spacial score (nSPS) is 11.9. The molecule has 0 saturated carbocycles. The summed E-state index contributed by atoms with van der Waals surface area (Å²) in [7, 11) is 0. The van der Waals surface area contributed by atoms with E-state index in [0.29, 0.717) is 17.9 Å². The summed E-state index contributed by atoms with van der Waals surface area (Å²) in [6.07, 6.45) is 4.36. The Morgan fingerprint density at radius 3 is 2.81 bits per heavy atom. The SMILES string of the molecule is CC(CNC(=O)c1ccc(-n2cncn2)nc1)CC(=O)O. The molecule has 2 aromatic heterocycles. The second-order valence-corrected chi connectivity index (χ2v) is 4.66. The molecule has 2 rings (SSSR count). The number of aliphatic carboxylic acids is 1. The van der Waals surface area contributed by atoms with Gasteiger partial charge >= 0.3 is 5.97 Å². The molecular formula is C13H15N5O3. The summed E-state index contributed by atoms with van der Waals surface area (Å²) < 4.78 is 1.48. The summed E-state index contributed by atoms with van der Waals surface area (Å²) in [5, 5.41) is 15.3. The van der Waals surface area contributed by atoms with Crippen molar-refractivity contribution in [3.63, 3.8) is 0 Å². The number of hydrogen-bond acceptors (Lipinski definition) is 5. The number of nitrogens with zero attached hydrogens (tertiary/aromatic N) is 4. The van der Waals surface area contributed by atoms with Crippen LogP contribution in [0.25, 0.3) is 5.82 Å². The predicted molar refractivity (Wildman–Crippen MR) is 72.9 cm³/mol. The molecule has 0 aromatic carbocycles. The molecule has 0 fully saturated rings. The fourth-order valence-electron chi connectivity index (χ4n) is 1.72. The quantitative estimate of drug-likeness (QED) is 0.801. The van der Waals surface area contributed by atoms with Crippen molar-refractivity contribution in [1.82, 2.24) is 25.1 Å². The van der Waals surface area contributed by atoms with Gasteiger partial charge in [-0.2, -0.15) is 5.10 Å². The third-order valence-electron chi connectivity index (χ3n) is 2.80. The Morgan fingerprint density at radius 2 is 2.24 bits per heavy atom. The molecule has 110 valence electrons. The maximum atomic E-state index is 11.9. The Kier molecular flexibility index (Phi) is 4.60. The van der Waals surface area contributed by atoms with E-state index >= 15 is 0 Å². The number of carbonyl (C=O) groups is 2. The number of nitrogens with one attached hydrogen (secondary N) is 1. The highest BCUT2D eigenvalue weighted by molar-refractivity contribution is 5.93. The Balaban J connectivity index is 1.92. The van der Waals surface area contributed by atoms with E-state index in [1.165, 1.54) is 23.5 Å². The van der Waals surface area contributed by atoms with Gasteiger partial charge in [-0.05, 0) is 18.1 Å². The van der Waals surface area contributed by atoms with E-state index in [1.807, 2.05) is 0 Å². The van der Waals surface area contributed by atoms with Crippen LogP contribution in [0.4, 0.5) is 0 Å². The minimum absolute atomic E-state index is 0.0176. The van der Waals surface area contributed by atoms with Crippen LogP contribution in [0.5, 0.6) is 0 Å². The largest absolute Gasteiger partial charge is 0.481 e. The van der Waals surface area contributed by atoms with Gasteiger partial charge in [-0.3, -0.25) is 9.59 Å². The first kappa shape index (κ1) is 14.6. The van der Waals surface area contributed by atoms with Gasteiger partial charge in [0, 0.05) is 19.2 Å². The lowest BCUT2D eigenvalue weighted by Crippen LogP contribution is -2.29. The molecule has 0 radical (unpaired) electrons. The van der Waals surface area contributed by atoms with Crippen LogP contribution in [0.15, 0.2) is 31.0 Å². The summed E-state index contributed by atoms with van der Waals surface area (Å²) in [4.78, 5) is 30.4. The summed E-state index contributed by atoms with van der Waals surface area (Å²) >= 11 is 0. The monoisotopic (exact) mass is 289 g/mol. The summed E-state index contributed by atoms with van der Waals surface area (Å²) in [6, 6.07) is 3.28. The van der Waals surface area contributed by atoms with Gasteiger partial charge in [-0.25, -0.2) is 14.6 Å². The van der Waals surface area contributed by atoms with Crippen molar-refractivity contribution in [3.05, 3.63) is 36.5 Å². The first-order valence-corrected chi connectivity index (χ1v) is 6.37. The van der Waals surface area contributed by atoms with Crippen LogP contribution in [0, 0.1) is 5.92 Å². The van der Waals surface area contributed by atoms with Crippen molar-refractivity contribution in [2.75, 3.05) is 6.54 Å². The van der Waals surface area contributed by atoms with Crippen molar-refractivity contribution in [2.45, 2.75) is 13.3 Å². The zero-order valence-corrected chi connectivity index (χ0v) is 11.4. The number of carboxylic acid groups (broad SMARTS) is 1. The first-order valence-electron chi connectivity index (χ1n) is 6.37. The van der Waals surface area contributed by atoms with Gasteiger partial charge in [-0.1, -0.05) is 6.92 Å². The molecule has 0 aliphatic carbocycles. The second kappa shape index (κ2) is 6.60. The maximum absolute atomic E-state index is 11.9. The molecule has 0 saturated heterocycles. The Hall–Kier alpha value is -2.77. The average molecular weight is 289 g/mol. The van der Waals surface area contributed by atoms with Crippen molar-refractivity contribution in [2.24, 2.45) is 5.92 Å². The predicted octanol–water partition coefficient (Wildman–Crippen LogP) is 0.503. The Morgan fingerprint density at radius 1 is 1.43 bits per heavy atom. The topological polar surface area (TPSA) is 110 Å². The number of aromatic nitrogens is 4. The molecule has 0 spiro atoms. The van der Waals surface area contributed by atoms with E-state index in [1.54, 1.807) is 19.1 Å². The van der Waals surface area contributed by atoms with Gasteiger partial charge in [0.2, 0.25) is 0 Å². The van der Waals surface area contributed by atoms with E-state index in [4.69, 9.17) is 5.11 Å². The molecule has 8 nitrogen and oxygen atoms in total. The fraction of sp³-hybridized carbons (Fsp3) is 0.308. The van der Waals surface area contributed by atoms with Crippen LogP contribution in [0.1, 0.15) is 23.7 Å². The summed E-state index contributed by atoms with van der Waals surface area (Å²) in [5.74, 6) is -0.738. The molecule has 1 amide bonds. The minimum Gasteiger partial charge on any atom is -0.481 e. The van der Waals surface area contributed by atoms with Crippen LogP contribution in [0.3, 0.4) is 0 Å². The zero-order chi connectivity index (χ0) is 15.2. The van der Waals surface area contributed by atoms with Gasteiger partial charge in [0.25, 0.3) is 5.91 Å².